The van der Waals surface area contributed by atoms with Crippen LogP contribution in [-0.2, 0) is 15.9 Å². The van der Waals surface area contributed by atoms with Crippen molar-refractivity contribution in [3.05, 3.63) is 29.8 Å². The summed E-state index contributed by atoms with van der Waals surface area (Å²) in [6, 6.07) is 8.67. The van der Waals surface area contributed by atoms with Crippen molar-refractivity contribution in [2.24, 2.45) is 0 Å². The Labute approximate surface area is 107 Å². The molecule has 0 N–H and O–H groups in total. The zero-order valence-electron chi connectivity index (χ0n) is 9.93. The van der Waals surface area contributed by atoms with Crippen LogP contribution in [0.15, 0.2) is 29.2 Å². The van der Waals surface area contributed by atoms with E-state index >= 15 is 0 Å². The molecule has 1 aromatic rings. The van der Waals surface area contributed by atoms with Gasteiger partial charge in [0.15, 0.2) is 0 Å². The molecular formula is C14H18O2S. The van der Waals surface area contributed by atoms with Gasteiger partial charge < -0.3 is 9.47 Å². The number of thioether (sulfide) groups is 1. The van der Waals surface area contributed by atoms with Crippen LogP contribution in [0.2, 0.25) is 0 Å². The molecule has 2 atom stereocenters. The van der Waals surface area contributed by atoms with Gasteiger partial charge in [-0.15, -0.1) is 11.8 Å². The Morgan fingerprint density at radius 3 is 3.06 bits per heavy atom. The highest BCUT2D eigenvalue weighted by Gasteiger charge is 2.22. The molecule has 1 aromatic carbocycles. The summed E-state index contributed by atoms with van der Waals surface area (Å²) < 4.78 is 11.3. The van der Waals surface area contributed by atoms with E-state index in [1.165, 1.54) is 16.9 Å². The fraction of sp³-hybridized carbons (Fsp3) is 0.571. The number of hydrogen-bond donors (Lipinski definition) is 0. The Bertz CT molecular complexity index is 349. The Morgan fingerprint density at radius 2 is 2.24 bits per heavy atom. The topological polar surface area (TPSA) is 18.5 Å². The number of rotatable bonds is 4. The van der Waals surface area contributed by atoms with Crippen LogP contribution in [0.3, 0.4) is 0 Å². The highest BCUT2D eigenvalue weighted by molar-refractivity contribution is 8.00. The zero-order valence-corrected chi connectivity index (χ0v) is 10.7. The standard InChI is InChI=1S/C14H18O2S/c1-2-6-14-11(4-1)8-13(17-14)10-15-9-12-5-3-7-16-12/h1-2,4,6,12-13H,3,5,7-10H2. The van der Waals surface area contributed by atoms with Crippen LogP contribution in [0, 0.1) is 0 Å². The molecule has 0 bridgehead atoms. The van der Waals surface area contributed by atoms with Gasteiger partial charge in [0.2, 0.25) is 0 Å². The molecular weight excluding hydrogens is 232 g/mol. The lowest BCUT2D eigenvalue weighted by molar-refractivity contribution is 0.0180. The molecule has 0 aliphatic carbocycles. The van der Waals surface area contributed by atoms with Crippen molar-refractivity contribution in [1.29, 1.82) is 0 Å². The van der Waals surface area contributed by atoms with Crippen LogP contribution in [-0.4, -0.2) is 31.2 Å². The second-order valence-electron chi connectivity index (χ2n) is 4.72. The molecule has 17 heavy (non-hydrogen) atoms. The maximum Gasteiger partial charge on any atom is 0.0809 e. The monoisotopic (exact) mass is 250 g/mol. The summed E-state index contributed by atoms with van der Waals surface area (Å²) in [6.07, 6.45) is 3.85. The van der Waals surface area contributed by atoms with E-state index in [-0.39, 0.29) is 0 Å². The number of hydrogen-bond acceptors (Lipinski definition) is 3. The Kier molecular flexibility index (Phi) is 3.69. The van der Waals surface area contributed by atoms with E-state index in [1.54, 1.807) is 0 Å². The largest absolute Gasteiger partial charge is 0.378 e. The van der Waals surface area contributed by atoms with E-state index in [0.717, 1.165) is 32.7 Å². The summed E-state index contributed by atoms with van der Waals surface area (Å²) >= 11 is 1.95. The number of ether oxygens (including phenoxy) is 2. The molecule has 2 aliphatic heterocycles. The molecule has 2 aliphatic rings. The summed E-state index contributed by atoms with van der Waals surface area (Å²) in [4.78, 5) is 1.43. The van der Waals surface area contributed by atoms with Gasteiger partial charge in [0.05, 0.1) is 19.3 Å². The van der Waals surface area contributed by atoms with E-state index in [1.807, 2.05) is 11.8 Å². The number of fused-ring (bicyclic) bond motifs is 1. The van der Waals surface area contributed by atoms with E-state index in [9.17, 15) is 0 Å². The molecule has 1 fully saturated rings. The second-order valence-corrected chi connectivity index (χ2v) is 6.07. The lowest BCUT2D eigenvalue weighted by atomic mass is 10.1. The van der Waals surface area contributed by atoms with Gasteiger partial charge in [0.25, 0.3) is 0 Å². The van der Waals surface area contributed by atoms with Gasteiger partial charge >= 0.3 is 0 Å². The average molecular weight is 250 g/mol. The van der Waals surface area contributed by atoms with Crippen LogP contribution in [0.25, 0.3) is 0 Å². The first kappa shape index (κ1) is 11.6. The third kappa shape index (κ3) is 2.84. The molecule has 0 amide bonds. The van der Waals surface area contributed by atoms with E-state index < -0.39 is 0 Å². The minimum Gasteiger partial charge on any atom is -0.378 e. The highest BCUT2D eigenvalue weighted by Crippen LogP contribution is 2.36. The summed E-state index contributed by atoms with van der Waals surface area (Å²) in [7, 11) is 0. The minimum absolute atomic E-state index is 0.351. The molecule has 1 saturated heterocycles. The summed E-state index contributed by atoms with van der Waals surface area (Å²) in [5.74, 6) is 0. The molecule has 2 heterocycles. The summed E-state index contributed by atoms with van der Waals surface area (Å²) in [5, 5.41) is 0.591. The van der Waals surface area contributed by atoms with Gasteiger partial charge in [-0.25, -0.2) is 0 Å². The van der Waals surface area contributed by atoms with E-state index in [2.05, 4.69) is 24.3 Å². The van der Waals surface area contributed by atoms with Crippen LogP contribution >= 0.6 is 11.8 Å². The maximum atomic E-state index is 5.79. The first-order valence-electron chi connectivity index (χ1n) is 6.36. The second kappa shape index (κ2) is 5.42. The van der Waals surface area contributed by atoms with Gasteiger partial charge in [-0.1, -0.05) is 18.2 Å². The molecule has 0 aromatic heterocycles. The molecule has 3 heteroatoms. The quantitative estimate of drug-likeness (QED) is 0.818. The van der Waals surface area contributed by atoms with Crippen molar-refractivity contribution in [1.82, 2.24) is 0 Å². The predicted octanol–water partition coefficient (Wildman–Crippen LogP) is 2.90. The predicted molar refractivity (Wildman–Crippen MR) is 69.6 cm³/mol. The van der Waals surface area contributed by atoms with Crippen LogP contribution < -0.4 is 0 Å². The fourth-order valence-corrected chi connectivity index (χ4v) is 3.70. The molecule has 0 spiro atoms. The van der Waals surface area contributed by atoms with Crippen LogP contribution in [0.1, 0.15) is 18.4 Å². The van der Waals surface area contributed by atoms with Crippen LogP contribution in [0.5, 0.6) is 0 Å². The number of benzene rings is 1. The molecule has 2 nitrogen and oxygen atoms in total. The van der Waals surface area contributed by atoms with Gasteiger partial charge in [0.1, 0.15) is 0 Å². The van der Waals surface area contributed by atoms with Gasteiger partial charge in [-0.3, -0.25) is 0 Å². The molecule has 2 unspecified atom stereocenters. The van der Waals surface area contributed by atoms with Crippen molar-refractivity contribution in [3.63, 3.8) is 0 Å². The van der Waals surface area contributed by atoms with Crippen LogP contribution in [0.4, 0.5) is 0 Å². The molecule has 92 valence electrons. The first-order valence-corrected chi connectivity index (χ1v) is 7.24. The van der Waals surface area contributed by atoms with Gasteiger partial charge in [-0.05, 0) is 30.9 Å². The van der Waals surface area contributed by atoms with Crippen molar-refractivity contribution < 1.29 is 9.47 Å². The maximum absolute atomic E-state index is 5.79. The van der Waals surface area contributed by atoms with Gasteiger partial charge in [0, 0.05) is 16.8 Å². The lowest BCUT2D eigenvalue weighted by Crippen LogP contribution is -2.19. The van der Waals surface area contributed by atoms with Gasteiger partial charge in [-0.2, -0.15) is 0 Å². The fourth-order valence-electron chi connectivity index (χ4n) is 2.45. The first-order chi connectivity index (χ1) is 8.42. The van der Waals surface area contributed by atoms with Crippen molar-refractivity contribution in [2.45, 2.75) is 35.5 Å². The minimum atomic E-state index is 0.351. The Morgan fingerprint density at radius 1 is 1.29 bits per heavy atom. The van der Waals surface area contributed by atoms with E-state index in [4.69, 9.17) is 9.47 Å². The molecule has 0 radical (unpaired) electrons. The third-order valence-electron chi connectivity index (χ3n) is 3.35. The van der Waals surface area contributed by atoms with E-state index in [0.29, 0.717) is 11.4 Å². The average Bonchev–Trinajstić information content (AvgIpc) is 2.96. The summed E-state index contributed by atoms with van der Waals surface area (Å²) in [5.41, 5.74) is 1.48. The molecule has 0 saturated carbocycles. The third-order valence-corrected chi connectivity index (χ3v) is 4.63. The summed E-state index contributed by atoms with van der Waals surface area (Å²) in [6.45, 7) is 2.53. The normalized spacial score (nSPS) is 27.3. The Balaban J connectivity index is 1.43. The van der Waals surface area contributed by atoms with Crippen molar-refractivity contribution in [3.8, 4) is 0 Å². The Hall–Kier alpha value is -0.510. The van der Waals surface area contributed by atoms with Crippen molar-refractivity contribution in [2.75, 3.05) is 19.8 Å². The highest BCUT2D eigenvalue weighted by atomic mass is 32.2. The SMILES string of the molecule is c1ccc2c(c1)CC(COCC1CCCO1)S2. The smallest absolute Gasteiger partial charge is 0.0809 e. The van der Waals surface area contributed by atoms with Crippen molar-refractivity contribution >= 4 is 11.8 Å². The lowest BCUT2D eigenvalue weighted by Gasteiger charge is -2.13. The zero-order chi connectivity index (χ0) is 11.5. The molecule has 3 rings (SSSR count).